The molecular formula is C13H20ClNO2. The highest BCUT2D eigenvalue weighted by Crippen LogP contribution is 2.18. The summed E-state index contributed by atoms with van der Waals surface area (Å²) < 4.78 is 10.3. The Kier molecular flexibility index (Phi) is 6.34. The van der Waals surface area contributed by atoms with E-state index in [2.05, 4.69) is 11.0 Å². The smallest absolute Gasteiger partial charge is 0.123 e. The first-order valence-electron chi connectivity index (χ1n) is 5.60. The van der Waals surface area contributed by atoms with Crippen molar-refractivity contribution in [2.75, 3.05) is 34.4 Å². The van der Waals surface area contributed by atoms with Crippen molar-refractivity contribution in [3.05, 3.63) is 29.8 Å². The fourth-order valence-electron chi connectivity index (χ4n) is 1.76. The van der Waals surface area contributed by atoms with Crippen molar-refractivity contribution in [2.24, 2.45) is 0 Å². The molecule has 0 spiro atoms. The van der Waals surface area contributed by atoms with E-state index in [9.17, 15) is 0 Å². The van der Waals surface area contributed by atoms with Gasteiger partial charge < -0.3 is 14.4 Å². The van der Waals surface area contributed by atoms with Crippen LogP contribution < -0.4 is 4.74 Å². The maximum absolute atomic E-state index is 6.12. The van der Waals surface area contributed by atoms with Gasteiger partial charge in [-0.25, -0.2) is 0 Å². The van der Waals surface area contributed by atoms with E-state index in [1.807, 2.05) is 25.2 Å². The van der Waals surface area contributed by atoms with Crippen LogP contribution in [0.15, 0.2) is 24.3 Å². The summed E-state index contributed by atoms with van der Waals surface area (Å²) >= 11 is 6.12. The van der Waals surface area contributed by atoms with Crippen LogP contribution in [0.25, 0.3) is 0 Å². The summed E-state index contributed by atoms with van der Waals surface area (Å²) in [5, 5.41) is 0.0136. The van der Waals surface area contributed by atoms with Crippen LogP contribution in [0.1, 0.15) is 5.56 Å². The second-order valence-corrected chi connectivity index (χ2v) is 4.68. The summed E-state index contributed by atoms with van der Waals surface area (Å²) in [6.45, 7) is 2.17. The Morgan fingerprint density at radius 3 is 2.65 bits per heavy atom. The third kappa shape index (κ3) is 4.94. The lowest BCUT2D eigenvalue weighted by Gasteiger charge is -2.20. The van der Waals surface area contributed by atoms with Crippen molar-refractivity contribution in [1.82, 2.24) is 4.90 Å². The van der Waals surface area contributed by atoms with Crippen molar-refractivity contribution in [3.8, 4) is 5.75 Å². The molecule has 0 N–H and O–H groups in total. The van der Waals surface area contributed by atoms with Crippen LogP contribution in [0.2, 0.25) is 0 Å². The fraction of sp³-hybridized carbons (Fsp3) is 0.538. The van der Waals surface area contributed by atoms with Gasteiger partial charge in [0.2, 0.25) is 0 Å². The van der Waals surface area contributed by atoms with Gasteiger partial charge in [-0.1, -0.05) is 18.2 Å². The molecule has 0 saturated carbocycles. The van der Waals surface area contributed by atoms with Crippen molar-refractivity contribution in [2.45, 2.75) is 11.9 Å². The van der Waals surface area contributed by atoms with Gasteiger partial charge in [0, 0.05) is 25.8 Å². The number of para-hydroxylation sites is 1. The topological polar surface area (TPSA) is 21.7 Å². The van der Waals surface area contributed by atoms with Gasteiger partial charge >= 0.3 is 0 Å². The zero-order valence-corrected chi connectivity index (χ0v) is 11.4. The summed E-state index contributed by atoms with van der Waals surface area (Å²) in [4.78, 5) is 2.16. The zero-order chi connectivity index (χ0) is 12.7. The minimum Gasteiger partial charge on any atom is -0.496 e. The Morgan fingerprint density at radius 1 is 1.29 bits per heavy atom. The lowest BCUT2D eigenvalue weighted by molar-refractivity contribution is 0.181. The normalized spacial score (nSPS) is 12.8. The largest absolute Gasteiger partial charge is 0.496 e. The standard InChI is InChI=1S/C13H20ClNO2/c1-15(9-12(14)10-16-2)8-11-6-4-5-7-13(11)17-3/h4-7,12H,8-10H2,1-3H3. The number of hydrogen-bond donors (Lipinski definition) is 0. The lowest BCUT2D eigenvalue weighted by Crippen LogP contribution is -2.28. The third-order valence-electron chi connectivity index (χ3n) is 2.49. The minimum atomic E-state index is 0.0136. The average Bonchev–Trinajstić information content (AvgIpc) is 2.29. The molecule has 1 unspecified atom stereocenters. The van der Waals surface area contributed by atoms with E-state index in [1.54, 1.807) is 14.2 Å². The summed E-state index contributed by atoms with van der Waals surface area (Å²) in [5.41, 5.74) is 1.17. The number of halogens is 1. The number of benzene rings is 1. The Labute approximate surface area is 108 Å². The molecular weight excluding hydrogens is 238 g/mol. The second kappa shape index (κ2) is 7.54. The summed E-state index contributed by atoms with van der Waals surface area (Å²) in [6, 6.07) is 8.02. The summed E-state index contributed by atoms with van der Waals surface area (Å²) in [7, 11) is 5.39. The Balaban J connectivity index is 2.52. The fourth-order valence-corrected chi connectivity index (χ4v) is 2.12. The van der Waals surface area contributed by atoms with Crippen LogP contribution in [0.3, 0.4) is 0 Å². The van der Waals surface area contributed by atoms with Crippen molar-refractivity contribution in [1.29, 1.82) is 0 Å². The second-order valence-electron chi connectivity index (χ2n) is 4.06. The Morgan fingerprint density at radius 2 is 2.00 bits per heavy atom. The van der Waals surface area contributed by atoms with Gasteiger partial charge in [0.1, 0.15) is 5.75 Å². The molecule has 0 amide bonds. The van der Waals surface area contributed by atoms with Gasteiger partial charge in [-0.15, -0.1) is 11.6 Å². The van der Waals surface area contributed by atoms with Gasteiger partial charge in [0.25, 0.3) is 0 Å². The first kappa shape index (κ1) is 14.3. The molecule has 96 valence electrons. The van der Waals surface area contributed by atoms with E-state index in [1.165, 1.54) is 5.56 Å². The molecule has 0 fully saturated rings. The first-order valence-corrected chi connectivity index (χ1v) is 6.04. The maximum atomic E-state index is 6.12. The number of alkyl halides is 1. The molecule has 1 aromatic rings. The molecule has 1 atom stereocenters. The number of rotatable bonds is 7. The van der Waals surface area contributed by atoms with Crippen molar-refractivity contribution in [3.63, 3.8) is 0 Å². The maximum Gasteiger partial charge on any atom is 0.123 e. The Hall–Kier alpha value is -0.770. The molecule has 1 aromatic carbocycles. The van der Waals surface area contributed by atoms with Crippen LogP contribution in [-0.4, -0.2) is 44.7 Å². The van der Waals surface area contributed by atoms with E-state index in [0.29, 0.717) is 6.61 Å². The molecule has 0 aliphatic carbocycles. The SMILES string of the molecule is COCC(Cl)CN(C)Cc1ccccc1OC. The molecule has 3 nitrogen and oxygen atoms in total. The zero-order valence-electron chi connectivity index (χ0n) is 10.6. The van der Waals surface area contributed by atoms with Gasteiger partial charge in [-0.05, 0) is 13.1 Å². The molecule has 0 aromatic heterocycles. The van der Waals surface area contributed by atoms with Gasteiger partial charge in [0.15, 0.2) is 0 Å². The molecule has 17 heavy (non-hydrogen) atoms. The molecule has 0 radical (unpaired) electrons. The van der Waals surface area contributed by atoms with E-state index >= 15 is 0 Å². The van der Waals surface area contributed by atoms with Crippen molar-refractivity contribution < 1.29 is 9.47 Å². The van der Waals surface area contributed by atoms with Crippen LogP contribution in [0.4, 0.5) is 0 Å². The van der Waals surface area contributed by atoms with Gasteiger partial charge in [-0.2, -0.15) is 0 Å². The van der Waals surface area contributed by atoms with Gasteiger partial charge in [0.05, 0.1) is 19.1 Å². The van der Waals surface area contributed by atoms with Crippen molar-refractivity contribution >= 4 is 11.6 Å². The van der Waals surface area contributed by atoms with Gasteiger partial charge in [-0.3, -0.25) is 0 Å². The monoisotopic (exact) mass is 257 g/mol. The number of hydrogen-bond acceptors (Lipinski definition) is 3. The minimum absolute atomic E-state index is 0.0136. The van der Waals surface area contributed by atoms with Crippen LogP contribution in [0.5, 0.6) is 5.75 Å². The highest BCUT2D eigenvalue weighted by Gasteiger charge is 2.10. The number of ether oxygens (including phenoxy) is 2. The Bertz CT molecular complexity index is 333. The van der Waals surface area contributed by atoms with Crippen LogP contribution in [-0.2, 0) is 11.3 Å². The summed E-state index contributed by atoms with van der Waals surface area (Å²) in [6.07, 6.45) is 0. The lowest BCUT2D eigenvalue weighted by atomic mass is 10.2. The predicted octanol–water partition coefficient (Wildman–Crippen LogP) is 2.38. The van der Waals surface area contributed by atoms with Crippen LogP contribution in [0, 0.1) is 0 Å². The average molecular weight is 258 g/mol. The number of nitrogens with zero attached hydrogens (tertiary/aromatic N) is 1. The number of methoxy groups -OCH3 is 2. The highest BCUT2D eigenvalue weighted by atomic mass is 35.5. The molecule has 1 rings (SSSR count). The first-order chi connectivity index (χ1) is 8.17. The summed E-state index contributed by atoms with van der Waals surface area (Å²) in [5.74, 6) is 0.914. The molecule has 0 saturated heterocycles. The van der Waals surface area contributed by atoms with E-state index in [0.717, 1.165) is 18.8 Å². The molecule has 0 aliphatic rings. The van der Waals surface area contributed by atoms with E-state index in [4.69, 9.17) is 21.1 Å². The highest BCUT2D eigenvalue weighted by molar-refractivity contribution is 6.20. The van der Waals surface area contributed by atoms with Crippen LogP contribution >= 0.6 is 11.6 Å². The molecule has 0 heterocycles. The predicted molar refractivity (Wildman–Crippen MR) is 70.8 cm³/mol. The quantitative estimate of drug-likeness (QED) is 0.700. The van der Waals surface area contributed by atoms with E-state index in [-0.39, 0.29) is 5.38 Å². The molecule has 4 heteroatoms. The molecule has 0 bridgehead atoms. The van der Waals surface area contributed by atoms with E-state index < -0.39 is 0 Å². The molecule has 0 aliphatic heterocycles. The third-order valence-corrected chi connectivity index (χ3v) is 2.75.